The maximum absolute atomic E-state index is 5.61. The minimum Gasteiger partial charge on any atom is -1.00 e. The normalized spacial score (nSPS) is 10.1. The Balaban J connectivity index is -0.0000000817. The fourth-order valence-electron chi connectivity index (χ4n) is 0.729. The van der Waals surface area contributed by atoms with Crippen LogP contribution in [0.4, 0.5) is 0 Å². The van der Waals surface area contributed by atoms with Crippen LogP contribution in [-0.4, -0.2) is 12.6 Å². The van der Waals surface area contributed by atoms with E-state index >= 15 is 0 Å². The summed E-state index contributed by atoms with van der Waals surface area (Å²) in [6, 6.07) is 0.338. The fourth-order valence-corrected chi connectivity index (χ4v) is 0.729. The maximum atomic E-state index is 5.61. The van der Waals surface area contributed by atoms with Crippen LogP contribution in [0.15, 0.2) is 0 Å². The molecule has 0 bridgehead atoms. The molecule has 5 heteroatoms. The first-order valence-electron chi connectivity index (χ1n) is 3.27. The van der Waals surface area contributed by atoms with Crippen molar-refractivity contribution in [2.24, 2.45) is 11.5 Å². The Hall–Kier alpha value is 1.40. The SMILES string of the molecule is CCCC(N)CCN.[Br-].[Br-].[Cu+2]. The Bertz CT molecular complexity index is 51.8. The van der Waals surface area contributed by atoms with Gasteiger partial charge in [0.05, 0.1) is 0 Å². The number of rotatable bonds is 4. The van der Waals surface area contributed by atoms with E-state index in [-0.39, 0.29) is 51.0 Å². The molecule has 75 valence electrons. The molecule has 0 saturated carbocycles. The number of hydrogen-bond donors (Lipinski definition) is 2. The molecule has 1 unspecified atom stereocenters. The zero-order valence-corrected chi connectivity index (χ0v) is 10.7. The van der Waals surface area contributed by atoms with Gasteiger partial charge in [0.1, 0.15) is 0 Å². The third-order valence-corrected chi connectivity index (χ3v) is 1.20. The van der Waals surface area contributed by atoms with Crippen LogP contribution in [0.5, 0.6) is 0 Å². The molecule has 0 spiro atoms. The van der Waals surface area contributed by atoms with Gasteiger partial charge in [-0.25, -0.2) is 0 Å². The van der Waals surface area contributed by atoms with Crippen LogP contribution in [0.25, 0.3) is 0 Å². The second-order valence-electron chi connectivity index (χ2n) is 2.13. The molecule has 0 aromatic carbocycles. The van der Waals surface area contributed by atoms with Crippen LogP contribution in [0.3, 0.4) is 0 Å². The molecular formula is C6H16Br2CuN2. The van der Waals surface area contributed by atoms with Crippen LogP contribution in [0.2, 0.25) is 0 Å². The summed E-state index contributed by atoms with van der Waals surface area (Å²) in [5.74, 6) is 0. The third kappa shape index (κ3) is 18.4. The number of hydrogen-bond acceptors (Lipinski definition) is 2. The zero-order chi connectivity index (χ0) is 6.41. The minimum atomic E-state index is 0. The van der Waals surface area contributed by atoms with Crippen molar-refractivity contribution in [2.45, 2.75) is 32.2 Å². The Morgan fingerprint density at radius 1 is 1.18 bits per heavy atom. The van der Waals surface area contributed by atoms with E-state index in [1.807, 2.05) is 0 Å². The largest absolute Gasteiger partial charge is 2.00 e. The second-order valence-corrected chi connectivity index (χ2v) is 2.13. The monoisotopic (exact) mass is 337 g/mol. The predicted octanol–water partition coefficient (Wildman–Crippen LogP) is -5.53. The molecule has 1 radical (unpaired) electrons. The molecule has 4 N–H and O–H groups in total. The van der Waals surface area contributed by atoms with Gasteiger partial charge in [0.2, 0.25) is 0 Å². The molecule has 0 rings (SSSR count). The van der Waals surface area contributed by atoms with Gasteiger partial charge in [-0.2, -0.15) is 0 Å². The summed E-state index contributed by atoms with van der Waals surface area (Å²) in [5, 5.41) is 0. The van der Waals surface area contributed by atoms with E-state index in [0.29, 0.717) is 6.04 Å². The van der Waals surface area contributed by atoms with Crippen molar-refractivity contribution in [3.05, 3.63) is 0 Å². The molecule has 0 aromatic heterocycles. The molecule has 0 amide bonds. The van der Waals surface area contributed by atoms with Crippen molar-refractivity contribution in [1.82, 2.24) is 0 Å². The van der Waals surface area contributed by atoms with Gasteiger partial charge >= 0.3 is 17.1 Å². The summed E-state index contributed by atoms with van der Waals surface area (Å²) in [6.45, 7) is 2.86. The van der Waals surface area contributed by atoms with E-state index in [2.05, 4.69) is 6.92 Å². The smallest absolute Gasteiger partial charge is 1.00 e. The van der Waals surface area contributed by atoms with Crippen LogP contribution >= 0.6 is 0 Å². The van der Waals surface area contributed by atoms with E-state index in [1.165, 1.54) is 6.42 Å². The van der Waals surface area contributed by atoms with Crippen LogP contribution < -0.4 is 45.4 Å². The van der Waals surface area contributed by atoms with Crippen LogP contribution in [0, 0.1) is 0 Å². The molecule has 0 aliphatic rings. The molecule has 0 aromatic rings. The van der Waals surface area contributed by atoms with Gasteiger partial charge < -0.3 is 45.4 Å². The summed E-state index contributed by atoms with van der Waals surface area (Å²) in [4.78, 5) is 0. The first-order chi connectivity index (χ1) is 3.81. The molecule has 0 aliphatic carbocycles. The number of halogens is 2. The average molecular weight is 340 g/mol. The van der Waals surface area contributed by atoms with E-state index in [1.54, 1.807) is 0 Å². The van der Waals surface area contributed by atoms with Crippen LogP contribution in [0.1, 0.15) is 26.2 Å². The van der Waals surface area contributed by atoms with E-state index in [4.69, 9.17) is 11.5 Å². The first-order valence-corrected chi connectivity index (χ1v) is 3.27. The summed E-state index contributed by atoms with van der Waals surface area (Å²) in [7, 11) is 0. The third-order valence-electron chi connectivity index (χ3n) is 1.20. The van der Waals surface area contributed by atoms with Gasteiger partial charge in [-0.1, -0.05) is 13.3 Å². The van der Waals surface area contributed by atoms with Crippen molar-refractivity contribution in [3.63, 3.8) is 0 Å². The van der Waals surface area contributed by atoms with Gasteiger partial charge in [-0.3, -0.25) is 0 Å². The molecule has 0 aliphatic heterocycles. The summed E-state index contributed by atoms with van der Waals surface area (Å²) in [5.41, 5.74) is 10.9. The number of nitrogens with two attached hydrogens (primary N) is 2. The topological polar surface area (TPSA) is 52.0 Å². The van der Waals surface area contributed by atoms with Crippen molar-refractivity contribution in [2.75, 3.05) is 6.54 Å². The Morgan fingerprint density at radius 2 is 1.64 bits per heavy atom. The first kappa shape index (κ1) is 22.8. The molecular weight excluding hydrogens is 323 g/mol. The Morgan fingerprint density at radius 3 is 1.91 bits per heavy atom. The standard InChI is InChI=1S/C6H16N2.2BrH.Cu/c1-2-3-6(8)4-5-7;;;/h6H,2-5,7-8H2,1H3;2*1H;/q;;;+2/p-2. The van der Waals surface area contributed by atoms with Crippen molar-refractivity contribution < 1.29 is 51.0 Å². The molecule has 0 heterocycles. The van der Waals surface area contributed by atoms with Crippen molar-refractivity contribution >= 4 is 0 Å². The van der Waals surface area contributed by atoms with Crippen LogP contribution in [-0.2, 0) is 17.1 Å². The Kier molecular flexibility index (Phi) is 36.3. The fraction of sp³-hybridized carbons (Fsp3) is 1.00. The molecule has 1 atom stereocenters. The van der Waals surface area contributed by atoms with Crippen molar-refractivity contribution in [1.29, 1.82) is 0 Å². The van der Waals surface area contributed by atoms with Crippen molar-refractivity contribution in [3.8, 4) is 0 Å². The van der Waals surface area contributed by atoms with Gasteiger partial charge in [-0.05, 0) is 19.4 Å². The predicted molar refractivity (Wildman–Crippen MR) is 36.6 cm³/mol. The Labute approximate surface area is 101 Å². The maximum Gasteiger partial charge on any atom is 2.00 e. The molecule has 11 heavy (non-hydrogen) atoms. The van der Waals surface area contributed by atoms with Gasteiger partial charge in [0.25, 0.3) is 0 Å². The molecule has 0 saturated heterocycles. The summed E-state index contributed by atoms with van der Waals surface area (Å²) >= 11 is 0. The van der Waals surface area contributed by atoms with E-state index < -0.39 is 0 Å². The van der Waals surface area contributed by atoms with Gasteiger partial charge in [-0.15, -0.1) is 0 Å². The second kappa shape index (κ2) is 17.5. The zero-order valence-electron chi connectivity index (χ0n) is 6.62. The van der Waals surface area contributed by atoms with E-state index in [9.17, 15) is 0 Å². The summed E-state index contributed by atoms with van der Waals surface area (Å²) < 4.78 is 0. The van der Waals surface area contributed by atoms with Gasteiger partial charge in [0.15, 0.2) is 0 Å². The average Bonchev–Trinajstić information content (AvgIpc) is 1.68. The molecule has 0 fully saturated rings. The quantitative estimate of drug-likeness (QED) is 0.502. The molecule has 2 nitrogen and oxygen atoms in total. The van der Waals surface area contributed by atoms with Gasteiger partial charge in [0, 0.05) is 6.04 Å². The summed E-state index contributed by atoms with van der Waals surface area (Å²) in [6.07, 6.45) is 3.24. The van der Waals surface area contributed by atoms with E-state index in [0.717, 1.165) is 19.4 Å². The minimum absolute atomic E-state index is 0.